The van der Waals surface area contributed by atoms with E-state index in [9.17, 15) is 0 Å². The summed E-state index contributed by atoms with van der Waals surface area (Å²) in [7, 11) is 0. The average molecular weight is 222 g/mol. The highest BCUT2D eigenvalue weighted by Crippen LogP contribution is 2.47. The molecule has 0 radical (unpaired) electrons. The maximum atomic E-state index is 5.92. The molecule has 0 bridgehead atoms. The first-order chi connectivity index (χ1) is 7.83. The summed E-state index contributed by atoms with van der Waals surface area (Å²) in [5, 5.41) is 0. The lowest BCUT2D eigenvalue weighted by Crippen LogP contribution is -2.40. The Morgan fingerprint density at radius 3 is 2.44 bits per heavy atom. The Kier molecular flexibility index (Phi) is 2.97. The van der Waals surface area contributed by atoms with Crippen LogP contribution in [-0.4, -0.2) is 30.6 Å². The van der Waals surface area contributed by atoms with Crippen LogP contribution in [0.1, 0.15) is 51.4 Å². The standard InChI is InChI=1S/C14H26N2/c15-10-14(7-8-14)11-16-9-3-6-13(16)12-4-1-2-5-12/h12-13H,1-11,15H2. The van der Waals surface area contributed by atoms with Crippen molar-refractivity contribution in [3.63, 3.8) is 0 Å². The summed E-state index contributed by atoms with van der Waals surface area (Å²) in [5.74, 6) is 1.02. The molecular formula is C14H26N2. The van der Waals surface area contributed by atoms with E-state index in [1.807, 2.05) is 0 Å². The van der Waals surface area contributed by atoms with Crippen molar-refractivity contribution in [3.8, 4) is 0 Å². The van der Waals surface area contributed by atoms with E-state index in [-0.39, 0.29) is 0 Å². The Labute approximate surface area is 99.6 Å². The van der Waals surface area contributed by atoms with Gasteiger partial charge in [-0.25, -0.2) is 0 Å². The molecule has 1 heterocycles. The molecule has 2 aliphatic carbocycles. The number of hydrogen-bond acceptors (Lipinski definition) is 2. The number of nitrogens with two attached hydrogens (primary N) is 1. The van der Waals surface area contributed by atoms with Gasteiger partial charge in [0.25, 0.3) is 0 Å². The Bertz CT molecular complexity index is 241. The second kappa shape index (κ2) is 4.30. The Balaban J connectivity index is 1.60. The van der Waals surface area contributed by atoms with Crippen LogP contribution in [0, 0.1) is 11.3 Å². The molecule has 3 rings (SSSR count). The fourth-order valence-electron chi connectivity index (χ4n) is 3.96. The molecule has 0 aromatic carbocycles. The SMILES string of the molecule is NCC1(CN2CCCC2C2CCCC2)CC1. The zero-order valence-electron chi connectivity index (χ0n) is 10.5. The maximum absolute atomic E-state index is 5.92. The van der Waals surface area contributed by atoms with Gasteiger partial charge in [-0.15, -0.1) is 0 Å². The van der Waals surface area contributed by atoms with Crippen molar-refractivity contribution in [2.24, 2.45) is 17.1 Å². The third kappa shape index (κ3) is 2.02. The zero-order valence-corrected chi connectivity index (χ0v) is 10.5. The molecule has 1 atom stereocenters. The van der Waals surface area contributed by atoms with Crippen LogP contribution >= 0.6 is 0 Å². The Morgan fingerprint density at radius 2 is 1.81 bits per heavy atom. The van der Waals surface area contributed by atoms with Gasteiger partial charge >= 0.3 is 0 Å². The van der Waals surface area contributed by atoms with Crippen molar-refractivity contribution in [2.75, 3.05) is 19.6 Å². The van der Waals surface area contributed by atoms with Crippen molar-refractivity contribution >= 4 is 0 Å². The van der Waals surface area contributed by atoms with Crippen molar-refractivity contribution < 1.29 is 0 Å². The molecule has 1 aliphatic heterocycles. The largest absolute Gasteiger partial charge is 0.330 e. The molecule has 3 aliphatic rings. The predicted molar refractivity (Wildman–Crippen MR) is 67.3 cm³/mol. The lowest BCUT2D eigenvalue weighted by molar-refractivity contribution is 0.159. The lowest BCUT2D eigenvalue weighted by atomic mass is 9.95. The first-order valence-electron chi connectivity index (χ1n) is 7.27. The quantitative estimate of drug-likeness (QED) is 0.791. The van der Waals surface area contributed by atoms with Gasteiger partial charge in [-0.1, -0.05) is 12.8 Å². The van der Waals surface area contributed by atoms with E-state index in [0.717, 1.165) is 18.5 Å². The highest BCUT2D eigenvalue weighted by atomic mass is 15.2. The molecule has 2 heteroatoms. The van der Waals surface area contributed by atoms with Gasteiger partial charge in [0.1, 0.15) is 0 Å². The number of nitrogens with zero attached hydrogens (tertiary/aromatic N) is 1. The fraction of sp³-hybridized carbons (Fsp3) is 1.00. The predicted octanol–water partition coefficient (Wildman–Crippen LogP) is 2.38. The Hall–Kier alpha value is -0.0800. The molecule has 2 nitrogen and oxygen atoms in total. The topological polar surface area (TPSA) is 29.3 Å². The van der Waals surface area contributed by atoms with Crippen LogP contribution in [-0.2, 0) is 0 Å². The second-order valence-corrected chi connectivity index (χ2v) is 6.43. The number of likely N-dealkylation sites (tertiary alicyclic amines) is 1. The van der Waals surface area contributed by atoms with Crippen LogP contribution in [0.4, 0.5) is 0 Å². The molecule has 0 amide bonds. The molecule has 3 fully saturated rings. The molecule has 92 valence electrons. The molecule has 0 aromatic heterocycles. The lowest BCUT2D eigenvalue weighted by Gasteiger charge is -2.32. The number of hydrogen-bond donors (Lipinski definition) is 1. The third-order valence-electron chi connectivity index (χ3n) is 5.29. The molecule has 1 unspecified atom stereocenters. The smallest absolute Gasteiger partial charge is 0.0124 e. The van der Waals surface area contributed by atoms with Gasteiger partial charge in [0.2, 0.25) is 0 Å². The molecule has 0 aromatic rings. The van der Waals surface area contributed by atoms with E-state index >= 15 is 0 Å². The van der Waals surface area contributed by atoms with Gasteiger partial charge in [-0.3, -0.25) is 4.90 Å². The molecule has 2 saturated carbocycles. The molecular weight excluding hydrogens is 196 g/mol. The Morgan fingerprint density at radius 1 is 1.06 bits per heavy atom. The van der Waals surface area contributed by atoms with Crippen molar-refractivity contribution in [2.45, 2.75) is 57.4 Å². The second-order valence-electron chi connectivity index (χ2n) is 6.43. The van der Waals surface area contributed by atoms with E-state index in [0.29, 0.717) is 5.41 Å². The maximum Gasteiger partial charge on any atom is 0.0124 e. The normalized spacial score (nSPS) is 34.7. The van der Waals surface area contributed by atoms with Gasteiger partial charge in [0.15, 0.2) is 0 Å². The van der Waals surface area contributed by atoms with E-state index in [4.69, 9.17) is 5.73 Å². The van der Waals surface area contributed by atoms with E-state index in [1.54, 1.807) is 0 Å². The average Bonchev–Trinajstić information content (AvgIpc) is 2.71. The summed E-state index contributed by atoms with van der Waals surface area (Å²) in [5.41, 5.74) is 6.46. The molecule has 1 saturated heterocycles. The van der Waals surface area contributed by atoms with E-state index in [1.165, 1.54) is 64.5 Å². The zero-order chi connectivity index (χ0) is 11.0. The molecule has 16 heavy (non-hydrogen) atoms. The minimum atomic E-state index is 0.543. The fourth-order valence-corrected chi connectivity index (χ4v) is 3.96. The third-order valence-corrected chi connectivity index (χ3v) is 5.29. The molecule has 0 spiro atoms. The first-order valence-corrected chi connectivity index (χ1v) is 7.27. The van der Waals surface area contributed by atoms with Crippen LogP contribution in [0.25, 0.3) is 0 Å². The van der Waals surface area contributed by atoms with E-state index < -0.39 is 0 Å². The van der Waals surface area contributed by atoms with Gasteiger partial charge in [0.05, 0.1) is 0 Å². The van der Waals surface area contributed by atoms with Gasteiger partial charge in [0, 0.05) is 12.6 Å². The summed E-state index contributed by atoms with van der Waals surface area (Å²) < 4.78 is 0. The van der Waals surface area contributed by atoms with Crippen LogP contribution in [0.2, 0.25) is 0 Å². The number of rotatable bonds is 4. The van der Waals surface area contributed by atoms with Crippen LogP contribution < -0.4 is 5.73 Å². The van der Waals surface area contributed by atoms with Crippen molar-refractivity contribution in [1.82, 2.24) is 4.90 Å². The minimum Gasteiger partial charge on any atom is -0.330 e. The van der Waals surface area contributed by atoms with Gasteiger partial charge < -0.3 is 5.73 Å². The van der Waals surface area contributed by atoms with E-state index in [2.05, 4.69) is 4.90 Å². The first kappa shape index (κ1) is 11.0. The van der Waals surface area contributed by atoms with Crippen LogP contribution in [0.5, 0.6) is 0 Å². The highest BCUT2D eigenvalue weighted by molar-refractivity contribution is 4.99. The van der Waals surface area contributed by atoms with Crippen LogP contribution in [0.15, 0.2) is 0 Å². The minimum absolute atomic E-state index is 0.543. The highest BCUT2D eigenvalue weighted by Gasteiger charge is 2.45. The summed E-state index contributed by atoms with van der Waals surface area (Å²) in [6.07, 6.45) is 11.6. The van der Waals surface area contributed by atoms with Gasteiger partial charge in [-0.2, -0.15) is 0 Å². The summed E-state index contributed by atoms with van der Waals surface area (Å²) in [6.45, 7) is 3.58. The monoisotopic (exact) mass is 222 g/mol. The van der Waals surface area contributed by atoms with Crippen LogP contribution in [0.3, 0.4) is 0 Å². The summed E-state index contributed by atoms with van der Waals surface area (Å²) in [4.78, 5) is 2.80. The summed E-state index contributed by atoms with van der Waals surface area (Å²) in [6, 6.07) is 0.923. The van der Waals surface area contributed by atoms with Gasteiger partial charge in [-0.05, 0) is 62.9 Å². The molecule has 2 N–H and O–H groups in total. The van der Waals surface area contributed by atoms with Crippen molar-refractivity contribution in [1.29, 1.82) is 0 Å². The van der Waals surface area contributed by atoms with Crippen molar-refractivity contribution in [3.05, 3.63) is 0 Å². The summed E-state index contributed by atoms with van der Waals surface area (Å²) >= 11 is 0.